The third kappa shape index (κ3) is 3.12. The summed E-state index contributed by atoms with van der Waals surface area (Å²) >= 11 is 1.93. The molecule has 0 amide bonds. The molecule has 1 aromatic rings. The third-order valence-corrected chi connectivity index (χ3v) is 5.21. The summed E-state index contributed by atoms with van der Waals surface area (Å²) in [5.74, 6) is 0. The van der Waals surface area contributed by atoms with Crippen molar-refractivity contribution in [1.29, 1.82) is 0 Å². The normalized spacial score (nSPS) is 20.2. The zero-order valence-electron chi connectivity index (χ0n) is 11.6. The average Bonchev–Trinajstić information content (AvgIpc) is 2.89. The second kappa shape index (κ2) is 6.66. The number of hydrogen-bond donors (Lipinski definition) is 1. The summed E-state index contributed by atoms with van der Waals surface area (Å²) in [5, 5.41) is 0. The van der Waals surface area contributed by atoms with Gasteiger partial charge in [0.25, 0.3) is 0 Å². The fourth-order valence-corrected chi connectivity index (χ4v) is 3.70. The second-order valence-electron chi connectivity index (χ2n) is 4.88. The van der Waals surface area contributed by atoms with Gasteiger partial charge in [-0.05, 0) is 25.1 Å². The number of aryl methyl sites for hydroxylation is 1. The number of rotatable bonds is 5. The topological polar surface area (TPSA) is 32.5 Å². The van der Waals surface area contributed by atoms with Crippen LogP contribution in [0.4, 0.5) is 0 Å². The van der Waals surface area contributed by atoms with Crippen LogP contribution < -0.4 is 5.73 Å². The minimum atomic E-state index is 0.425. The minimum Gasteiger partial charge on any atom is -0.329 e. The van der Waals surface area contributed by atoms with Gasteiger partial charge in [-0.15, -0.1) is 11.3 Å². The maximum Gasteiger partial charge on any atom is 0.0565 e. The summed E-state index contributed by atoms with van der Waals surface area (Å²) < 4.78 is 0. The van der Waals surface area contributed by atoms with Gasteiger partial charge in [0.05, 0.1) is 6.04 Å². The van der Waals surface area contributed by atoms with Crippen LogP contribution in [0.3, 0.4) is 0 Å². The predicted molar refractivity (Wildman–Crippen MR) is 79.2 cm³/mol. The van der Waals surface area contributed by atoms with E-state index in [-0.39, 0.29) is 0 Å². The molecule has 0 aliphatic carbocycles. The van der Waals surface area contributed by atoms with E-state index in [1.807, 2.05) is 11.3 Å². The Labute approximate surface area is 115 Å². The summed E-state index contributed by atoms with van der Waals surface area (Å²) in [6.07, 6.45) is 1.13. The van der Waals surface area contributed by atoms with Crippen LogP contribution in [-0.4, -0.2) is 49.1 Å². The number of nitrogens with two attached hydrogens (primary N) is 1. The number of hydrogen-bond acceptors (Lipinski definition) is 4. The Morgan fingerprint density at radius 1 is 1.22 bits per heavy atom. The first-order valence-electron chi connectivity index (χ1n) is 7.03. The largest absolute Gasteiger partial charge is 0.329 e. The van der Waals surface area contributed by atoms with Crippen molar-refractivity contribution >= 4 is 11.3 Å². The summed E-state index contributed by atoms with van der Waals surface area (Å²) in [6.45, 7) is 11.0. The molecule has 102 valence electrons. The molecule has 1 fully saturated rings. The molecule has 2 N–H and O–H groups in total. The highest BCUT2D eigenvalue weighted by Crippen LogP contribution is 2.28. The first-order valence-corrected chi connectivity index (χ1v) is 7.85. The smallest absolute Gasteiger partial charge is 0.0565 e. The van der Waals surface area contributed by atoms with Gasteiger partial charge < -0.3 is 10.6 Å². The molecular formula is C14H25N3S. The quantitative estimate of drug-likeness (QED) is 0.885. The van der Waals surface area contributed by atoms with Crippen LogP contribution in [0.2, 0.25) is 0 Å². The molecule has 1 saturated heterocycles. The van der Waals surface area contributed by atoms with Crippen LogP contribution in [0.5, 0.6) is 0 Å². The Hall–Kier alpha value is -0.420. The van der Waals surface area contributed by atoms with Gasteiger partial charge in [-0.3, -0.25) is 4.90 Å². The molecule has 2 rings (SSSR count). The summed E-state index contributed by atoms with van der Waals surface area (Å²) in [7, 11) is 0. The lowest BCUT2D eigenvalue weighted by Crippen LogP contribution is -2.48. The van der Waals surface area contributed by atoms with E-state index in [2.05, 4.69) is 35.8 Å². The van der Waals surface area contributed by atoms with Gasteiger partial charge >= 0.3 is 0 Å². The van der Waals surface area contributed by atoms with Crippen molar-refractivity contribution in [3.05, 3.63) is 21.9 Å². The maximum absolute atomic E-state index is 6.00. The SMILES string of the molecule is CCc1ccc(C(CN)N2CCN(CC)CC2)s1. The molecule has 18 heavy (non-hydrogen) atoms. The zero-order chi connectivity index (χ0) is 13.0. The number of likely N-dealkylation sites (N-methyl/N-ethyl adjacent to an activating group) is 1. The molecule has 0 saturated carbocycles. The van der Waals surface area contributed by atoms with Crippen molar-refractivity contribution in [2.45, 2.75) is 26.3 Å². The van der Waals surface area contributed by atoms with E-state index in [0.717, 1.165) is 26.1 Å². The molecule has 1 atom stereocenters. The lowest BCUT2D eigenvalue weighted by atomic mass is 10.1. The fraction of sp³-hybridized carbons (Fsp3) is 0.714. The third-order valence-electron chi connectivity index (χ3n) is 3.88. The zero-order valence-corrected chi connectivity index (χ0v) is 12.4. The molecule has 0 aromatic carbocycles. The standard InChI is InChI=1S/C14H25N3S/c1-3-12-5-6-14(18-12)13(11-15)17-9-7-16(4-2)8-10-17/h5-6,13H,3-4,7-11,15H2,1-2H3. The van der Waals surface area contributed by atoms with Gasteiger partial charge in [0, 0.05) is 42.5 Å². The number of thiophene rings is 1. The number of piperazine rings is 1. The van der Waals surface area contributed by atoms with Crippen molar-refractivity contribution in [3.63, 3.8) is 0 Å². The van der Waals surface area contributed by atoms with Gasteiger partial charge in [-0.25, -0.2) is 0 Å². The number of nitrogens with zero attached hydrogens (tertiary/aromatic N) is 2. The summed E-state index contributed by atoms with van der Waals surface area (Å²) in [4.78, 5) is 7.97. The van der Waals surface area contributed by atoms with Crippen molar-refractivity contribution in [1.82, 2.24) is 9.80 Å². The van der Waals surface area contributed by atoms with Crippen LogP contribution in [-0.2, 0) is 6.42 Å². The summed E-state index contributed by atoms with van der Waals surface area (Å²) in [5.41, 5.74) is 6.00. The van der Waals surface area contributed by atoms with Crippen LogP contribution in [0.1, 0.15) is 29.6 Å². The molecule has 1 aliphatic rings. The van der Waals surface area contributed by atoms with E-state index in [9.17, 15) is 0 Å². The first kappa shape index (κ1) is 14.0. The average molecular weight is 267 g/mol. The van der Waals surface area contributed by atoms with E-state index in [4.69, 9.17) is 5.73 Å². The van der Waals surface area contributed by atoms with Crippen molar-refractivity contribution in [2.24, 2.45) is 5.73 Å². The molecule has 0 spiro atoms. The molecule has 2 heterocycles. The van der Waals surface area contributed by atoms with Crippen LogP contribution >= 0.6 is 11.3 Å². The fourth-order valence-electron chi connectivity index (χ4n) is 2.60. The Bertz CT molecular complexity index is 356. The van der Waals surface area contributed by atoms with Gasteiger partial charge in [-0.2, -0.15) is 0 Å². The van der Waals surface area contributed by atoms with Crippen LogP contribution in [0, 0.1) is 0 Å². The molecule has 3 nitrogen and oxygen atoms in total. The predicted octanol–water partition coefficient (Wildman–Crippen LogP) is 1.95. The van der Waals surface area contributed by atoms with Crippen molar-refractivity contribution in [3.8, 4) is 0 Å². The van der Waals surface area contributed by atoms with E-state index in [1.165, 1.54) is 29.4 Å². The lowest BCUT2D eigenvalue weighted by Gasteiger charge is -2.38. The highest BCUT2D eigenvalue weighted by atomic mass is 32.1. The Morgan fingerprint density at radius 2 is 1.94 bits per heavy atom. The monoisotopic (exact) mass is 267 g/mol. The van der Waals surface area contributed by atoms with E-state index >= 15 is 0 Å². The lowest BCUT2D eigenvalue weighted by molar-refractivity contribution is 0.103. The molecule has 0 bridgehead atoms. The second-order valence-corrected chi connectivity index (χ2v) is 6.08. The van der Waals surface area contributed by atoms with Gasteiger partial charge in [0.2, 0.25) is 0 Å². The van der Waals surface area contributed by atoms with Crippen LogP contribution in [0.15, 0.2) is 12.1 Å². The Kier molecular flexibility index (Phi) is 5.18. The molecule has 1 aromatic heterocycles. The maximum atomic E-state index is 6.00. The molecule has 4 heteroatoms. The van der Waals surface area contributed by atoms with Gasteiger partial charge in [0.15, 0.2) is 0 Å². The van der Waals surface area contributed by atoms with Crippen LogP contribution in [0.25, 0.3) is 0 Å². The minimum absolute atomic E-state index is 0.425. The van der Waals surface area contributed by atoms with E-state index in [1.54, 1.807) is 0 Å². The van der Waals surface area contributed by atoms with Gasteiger partial charge in [0.1, 0.15) is 0 Å². The Morgan fingerprint density at radius 3 is 2.44 bits per heavy atom. The summed E-state index contributed by atoms with van der Waals surface area (Å²) in [6, 6.07) is 4.95. The molecule has 0 radical (unpaired) electrons. The first-order chi connectivity index (χ1) is 8.78. The van der Waals surface area contributed by atoms with E-state index in [0.29, 0.717) is 6.04 Å². The molecule has 1 unspecified atom stereocenters. The van der Waals surface area contributed by atoms with E-state index < -0.39 is 0 Å². The molecular weight excluding hydrogens is 242 g/mol. The molecule has 1 aliphatic heterocycles. The Balaban J connectivity index is 2.00. The highest BCUT2D eigenvalue weighted by Gasteiger charge is 2.24. The van der Waals surface area contributed by atoms with Crippen molar-refractivity contribution in [2.75, 3.05) is 39.3 Å². The van der Waals surface area contributed by atoms with Gasteiger partial charge in [-0.1, -0.05) is 13.8 Å². The van der Waals surface area contributed by atoms with Crippen molar-refractivity contribution < 1.29 is 0 Å². The highest BCUT2D eigenvalue weighted by molar-refractivity contribution is 7.12.